The first kappa shape index (κ1) is 13.0. The van der Waals surface area contributed by atoms with Gasteiger partial charge in [-0.25, -0.2) is 0 Å². The Morgan fingerprint density at radius 1 is 1.29 bits per heavy atom. The van der Waals surface area contributed by atoms with E-state index >= 15 is 0 Å². The molecule has 1 fully saturated rings. The van der Waals surface area contributed by atoms with Crippen LogP contribution in [-0.2, 0) is 10.6 Å². The van der Waals surface area contributed by atoms with E-state index in [-0.39, 0.29) is 12.2 Å². The Morgan fingerprint density at radius 3 is 2.47 bits per heavy atom. The van der Waals surface area contributed by atoms with Crippen LogP contribution in [0.5, 0.6) is 0 Å². The van der Waals surface area contributed by atoms with Crippen molar-refractivity contribution < 1.29 is 4.74 Å². The second-order valence-electron chi connectivity index (χ2n) is 4.57. The second-order valence-corrected chi connectivity index (χ2v) is 5.25. The molecule has 0 aliphatic carbocycles. The SMILES string of the molecule is C[C@@H]1CN(c2ccc(CCl)c(Cl)c2)C[C@H](C)O1. The number of benzene rings is 1. The molecule has 0 bridgehead atoms. The zero-order valence-electron chi connectivity index (χ0n) is 10.1. The molecule has 2 atom stereocenters. The van der Waals surface area contributed by atoms with Crippen molar-refractivity contribution in [3.8, 4) is 0 Å². The van der Waals surface area contributed by atoms with E-state index in [4.69, 9.17) is 27.9 Å². The number of alkyl halides is 1. The van der Waals surface area contributed by atoms with Gasteiger partial charge in [0.2, 0.25) is 0 Å². The Labute approximate surface area is 112 Å². The van der Waals surface area contributed by atoms with Crippen LogP contribution in [0.4, 0.5) is 5.69 Å². The van der Waals surface area contributed by atoms with Crippen LogP contribution in [-0.4, -0.2) is 25.3 Å². The number of halogens is 2. The molecule has 0 aromatic heterocycles. The van der Waals surface area contributed by atoms with E-state index in [2.05, 4.69) is 24.8 Å². The third-order valence-corrected chi connectivity index (χ3v) is 3.61. The van der Waals surface area contributed by atoms with E-state index in [1.54, 1.807) is 0 Å². The molecular formula is C13H17Cl2NO. The van der Waals surface area contributed by atoms with Crippen molar-refractivity contribution >= 4 is 28.9 Å². The summed E-state index contributed by atoms with van der Waals surface area (Å²) in [6.45, 7) is 6.00. The van der Waals surface area contributed by atoms with Gasteiger partial charge in [-0.3, -0.25) is 0 Å². The van der Waals surface area contributed by atoms with Crippen LogP contribution in [0, 0.1) is 0 Å². The molecular weight excluding hydrogens is 257 g/mol. The number of anilines is 1. The number of hydrogen-bond acceptors (Lipinski definition) is 2. The van der Waals surface area contributed by atoms with Gasteiger partial charge in [0.25, 0.3) is 0 Å². The van der Waals surface area contributed by atoms with Crippen molar-refractivity contribution in [2.24, 2.45) is 0 Å². The minimum absolute atomic E-state index is 0.255. The van der Waals surface area contributed by atoms with Crippen molar-refractivity contribution in [2.45, 2.75) is 31.9 Å². The monoisotopic (exact) mass is 273 g/mol. The van der Waals surface area contributed by atoms with E-state index in [1.165, 1.54) is 0 Å². The molecule has 2 rings (SSSR count). The predicted molar refractivity (Wildman–Crippen MR) is 73.2 cm³/mol. The molecule has 0 unspecified atom stereocenters. The molecule has 2 nitrogen and oxygen atoms in total. The number of hydrogen-bond donors (Lipinski definition) is 0. The summed E-state index contributed by atoms with van der Waals surface area (Å²) in [5.74, 6) is 0.453. The standard InChI is InChI=1S/C13H17Cl2NO/c1-9-7-16(8-10(2)17-9)12-4-3-11(6-14)13(15)5-12/h3-5,9-10H,6-8H2,1-2H3/t9-,10+. The molecule has 1 aromatic rings. The van der Waals surface area contributed by atoms with Gasteiger partial charge < -0.3 is 9.64 Å². The van der Waals surface area contributed by atoms with Crippen molar-refractivity contribution in [3.63, 3.8) is 0 Å². The summed E-state index contributed by atoms with van der Waals surface area (Å²) in [5, 5.41) is 0.740. The smallest absolute Gasteiger partial charge is 0.0726 e. The number of ether oxygens (including phenoxy) is 1. The summed E-state index contributed by atoms with van der Waals surface area (Å²) in [6, 6.07) is 6.06. The van der Waals surface area contributed by atoms with E-state index in [9.17, 15) is 0 Å². The lowest BCUT2D eigenvalue weighted by atomic mass is 10.1. The molecule has 0 N–H and O–H groups in total. The fourth-order valence-corrected chi connectivity index (χ4v) is 2.77. The minimum atomic E-state index is 0.255. The fourth-order valence-electron chi connectivity index (χ4n) is 2.23. The van der Waals surface area contributed by atoms with E-state index in [0.717, 1.165) is 29.4 Å². The average Bonchev–Trinajstić information content (AvgIpc) is 2.27. The third kappa shape index (κ3) is 3.06. The average molecular weight is 274 g/mol. The summed E-state index contributed by atoms with van der Waals surface area (Å²) in [5.41, 5.74) is 2.12. The van der Waals surface area contributed by atoms with Gasteiger partial charge in [0, 0.05) is 29.7 Å². The molecule has 94 valence electrons. The molecule has 4 heteroatoms. The maximum atomic E-state index is 6.18. The van der Waals surface area contributed by atoms with Gasteiger partial charge in [-0.05, 0) is 31.5 Å². The highest BCUT2D eigenvalue weighted by atomic mass is 35.5. The number of rotatable bonds is 2. The van der Waals surface area contributed by atoms with E-state index in [0.29, 0.717) is 5.88 Å². The van der Waals surface area contributed by atoms with Gasteiger partial charge in [-0.15, -0.1) is 11.6 Å². The second kappa shape index (κ2) is 5.47. The summed E-state index contributed by atoms with van der Waals surface area (Å²) >= 11 is 12.0. The van der Waals surface area contributed by atoms with E-state index < -0.39 is 0 Å². The Balaban J connectivity index is 2.19. The summed E-state index contributed by atoms with van der Waals surface area (Å²) in [4.78, 5) is 2.31. The highest BCUT2D eigenvalue weighted by molar-refractivity contribution is 6.32. The Kier molecular flexibility index (Phi) is 4.18. The summed E-state index contributed by atoms with van der Waals surface area (Å²) in [7, 11) is 0. The lowest BCUT2D eigenvalue weighted by Gasteiger charge is -2.37. The highest BCUT2D eigenvalue weighted by Gasteiger charge is 2.22. The zero-order chi connectivity index (χ0) is 12.4. The highest BCUT2D eigenvalue weighted by Crippen LogP contribution is 2.27. The summed E-state index contributed by atoms with van der Waals surface area (Å²) < 4.78 is 5.72. The predicted octanol–water partition coefficient (Wildman–Crippen LogP) is 3.69. The van der Waals surface area contributed by atoms with E-state index in [1.807, 2.05) is 12.1 Å². The molecule has 1 aliphatic rings. The lowest BCUT2D eigenvalue weighted by molar-refractivity contribution is -0.00521. The molecule has 1 aromatic carbocycles. The van der Waals surface area contributed by atoms with Gasteiger partial charge in [0.1, 0.15) is 0 Å². The third-order valence-electron chi connectivity index (χ3n) is 2.97. The van der Waals surface area contributed by atoms with Crippen LogP contribution < -0.4 is 4.90 Å². The normalized spacial score (nSPS) is 25.1. The first-order valence-electron chi connectivity index (χ1n) is 5.85. The van der Waals surface area contributed by atoms with Crippen LogP contribution in [0.25, 0.3) is 0 Å². The fraction of sp³-hybridized carbons (Fsp3) is 0.538. The molecule has 0 amide bonds. The van der Waals surface area contributed by atoms with Crippen molar-refractivity contribution in [2.75, 3.05) is 18.0 Å². The van der Waals surface area contributed by atoms with Gasteiger partial charge in [-0.1, -0.05) is 17.7 Å². The molecule has 1 aliphatic heterocycles. The first-order valence-corrected chi connectivity index (χ1v) is 6.76. The van der Waals surface area contributed by atoms with Gasteiger partial charge >= 0.3 is 0 Å². The lowest BCUT2D eigenvalue weighted by Crippen LogP contribution is -2.45. The minimum Gasteiger partial charge on any atom is -0.372 e. The summed E-state index contributed by atoms with van der Waals surface area (Å²) in [6.07, 6.45) is 0.510. The molecule has 0 saturated carbocycles. The van der Waals surface area contributed by atoms with Crippen LogP contribution >= 0.6 is 23.2 Å². The quantitative estimate of drug-likeness (QED) is 0.762. The Bertz CT molecular complexity index is 387. The van der Waals surface area contributed by atoms with Crippen molar-refractivity contribution in [1.29, 1.82) is 0 Å². The maximum Gasteiger partial charge on any atom is 0.0726 e. The number of nitrogens with zero attached hydrogens (tertiary/aromatic N) is 1. The maximum absolute atomic E-state index is 6.18. The van der Waals surface area contributed by atoms with Gasteiger partial charge in [0.05, 0.1) is 12.2 Å². The topological polar surface area (TPSA) is 12.5 Å². The number of morpholine rings is 1. The zero-order valence-corrected chi connectivity index (χ0v) is 11.6. The molecule has 0 spiro atoms. The van der Waals surface area contributed by atoms with Crippen LogP contribution in [0.2, 0.25) is 5.02 Å². The Morgan fingerprint density at radius 2 is 1.94 bits per heavy atom. The van der Waals surface area contributed by atoms with Gasteiger partial charge in [-0.2, -0.15) is 0 Å². The van der Waals surface area contributed by atoms with Crippen LogP contribution in [0.3, 0.4) is 0 Å². The van der Waals surface area contributed by atoms with Crippen molar-refractivity contribution in [3.05, 3.63) is 28.8 Å². The van der Waals surface area contributed by atoms with Gasteiger partial charge in [0.15, 0.2) is 0 Å². The Hall–Kier alpha value is -0.440. The molecule has 1 heterocycles. The molecule has 17 heavy (non-hydrogen) atoms. The van der Waals surface area contributed by atoms with Crippen molar-refractivity contribution in [1.82, 2.24) is 0 Å². The largest absolute Gasteiger partial charge is 0.372 e. The molecule has 0 radical (unpaired) electrons. The van der Waals surface area contributed by atoms with Crippen LogP contribution in [0.15, 0.2) is 18.2 Å². The first-order chi connectivity index (χ1) is 8.10. The van der Waals surface area contributed by atoms with Crippen LogP contribution in [0.1, 0.15) is 19.4 Å². The molecule has 1 saturated heterocycles.